The first kappa shape index (κ1) is 19.7. The number of amides is 3. The lowest BCUT2D eigenvalue weighted by atomic mass is 10.1. The zero-order valence-electron chi connectivity index (χ0n) is 14.4. The molecule has 0 saturated heterocycles. The van der Waals surface area contributed by atoms with E-state index in [-0.39, 0.29) is 24.0 Å². The Morgan fingerprint density at radius 2 is 1.54 bits per heavy atom. The Bertz CT molecular complexity index is 572. The molecule has 3 amide bonds. The van der Waals surface area contributed by atoms with Crippen LogP contribution in [-0.4, -0.2) is 29.1 Å². The average molecular weight is 351 g/mol. The molecule has 132 valence electrons. The number of urea groups is 1. The van der Waals surface area contributed by atoms with Crippen LogP contribution in [0.3, 0.4) is 0 Å². The van der Waals surface area contributed by atoms with E-state index < -0.39 is 0 Å². The molecule has 0 spiro atoms. The van der Waals surface area contributed by atoms with Gasteiger partial charge < -0.3 is 16.0 Å². The van der Waals surface area contributed by atoms with E-state index in [1.165, 1.54) is 0 Å². The van der Waals surface area contributed by atoms with Crippen LogP contribution < -0.4 is 26.8 Å². The summed E-state index contributed by atoms with van der Waals surface area (Å²) in [7, 11) is 0. The highest BCUT2D eigenvalue weighted by molar-refractivity contribution is 7.80. The summed E-state index contributed by atoms with van der Waals surface area (Å²) in [6.07, 6.45) is 0. The molecule has 0 aromatic heterocycles. The van der Waals surface area contributed by atoms with Crippen LogP contribution in [0.15, 0.2) is 24.3 Å². The minimum Gasteiger partial charge on any atom is -0.359 e. The van der Waals surface area contributed by atoms with E-state index in [2.05, 4.69) is 26.8 Å². The second-order valence-corrected chi connectivity index (χ2v) is 6.29. The Morgan fingerprint density at radius 1 is 0.958 bits per heavy atom. The maximum atomic E-state index is 12.0. The second kappa shape index (κ2) is 9.71. The van der Waals surface area contributed by atoms with Crippen LogP contribution in [0.25, 0.3) is 0 Å². The van der Waals surface area contributed by atoms with Crippen molar-refractivity contribution in [2.24, 2.45) is 0 Å². The number of rotatable bonds is 5. The van der Waals surface area contributed by atoms with Gasteiger partial charge in [0, 0.05) is 24.2 Å². The van der Waals surface area contributed by atoms with Crippen LogP contribution in [0.5, 0.6) is 0 Å². The molecule has 0 atom stereocenters. The van der Waals surface area contributed by atoms with Gasteiger partial charge in [0.1, 0.15) is 0 Å². The van der Waals surface area contributed by atoms with Crippen molar-refractivity contribution in [1.29, 1.82) is 0 Å². The second-order valence-electron chi connectivity index (χ2n) is 5.89. The molecular weight excluding hydrogens is 326 g/mol. The summed E-state index contributed by atoms with van der Waals surface area (Å²) in [5, 5.41) is 8.81. The van der Waals surface area contributed by atoms with Gasteiger partial charge in [-0.15, -0.1) is 0 Å². The molecule has 0 radical (unpaired) electrons. The first-order valence-electron chi connectivity index (χ1n) is 7.78. The lowest BCUT2D eigenvalue weighted by Crippen LogP contribution is -2.48. The van der Waals surface area contributed by atoms with E-state index in [9.17, 15) is 9.59 Å². The van der Waals surface area contributed by atoms with Crippen LogP contribution in [0.4, 0.5) is 4.79 Å². The number of benzene rings is 1. The first-order chi connectivity index (χ1) is 11.3. The van der Waals surface area contributed by atoms with Crippen molar-refractivity contribution in [1.82, 2.24) is 26.8 Å². The van der Waals surface area contributed by atoms with Gasteiger partial charge in [0.25, 0.3) is 5.91 Å². The number of hydrogen-bond donors (Lipinski definition) is 5. The highest BCUT2D eigenvalue weighted by atomic mass is 32.1. The monoisotopic (exact) mass is 351 g/mol. The largest absolute Gasteiger partial charge is 0.359 e. The molecule has 0 bridgehead atoms. The van der Waals surface area contributed by atoms with Crippen molar-refractivity contribution in [2.75, 3.05) is 0 Å². The van der Waals surface area contributed by atoms with E-state index in [4.69, 9.17) is 12.2 Å². The van der Waals surface area contributed by atoms with Crippen LogP contribution >= 0.6 is 12.2 Å². The van der Waals surface area contributed by atoms with E-state index in [0.29, 0.717) is 17.2 Å². The van der Waals surface area contributed by atoms with Gasteiger partial charge in [-0.1, -0.05) is 12.1 Å². The minimum absolute atomic E-state index is 0.0832. The number of nitrogens with one attached hydrogen (secondary N) is 5. The third kappa shape index (κ3) is 7.77. The summed E-state index contributed by atoms with van der Waals surface area (Å²) >= 11 is 5.02. The quantitative estimate of drug-likeness (QED) is 0.408. The maximum Gasteiger partial charge on any atom is 0.315 e. The van der Waals surface area contributed by atoms with Crippen LogP contribution in [-0.2, 0) is 6.54 Å². The van der Waals surface area contributed by atoms with E-state index in [1.807, 2.05) is 27.7 Å². The molecule has 1 rings (SSSR count). The minimum atomic E-state index is -0.292. The van der Waals surface area contributed by atoms with E-state index in [1.54, 1.807) is 24.3 Å². The standard InChI is InChI=1S/C16H25N5O2S/c1-10(2)18-15(23)17-9-12-5-7-13(8-6-12)14(22)20-21-16(24)19-11(3)4/h5-8,10-11H,9H2,1-4H3,(H,20,22)(H2,17,18,23)(H2,19,21,24). The third-order valence-corrected chi connectivity index (χ3v) is 3.02. The lowest BCUT2D eigenvalue weighted by molar-refractivity contribution is 0.0943. The molecule has 1 aromatic rings. The van der Waals surface area contributed by atoms with Crippen molar-refractivity contribution >= 4 is 29.3 Å². The van der Waals surface area contributed by atoms with Gasteiger partial charge in [0.15, 0.2) is 5.11 Å². The molecule has 0 fully saturated rings. The highest BCUT2D eigenvalue weighted by Gasteiger charge is 2.07. The van der Waals surface area contributed by atoms with Gasteiger partial charge in [-0.05, 0) is 57.6 Å². The lowest BCUT2D eigenvalue weighted by Gasteiger charge is -2.14. The van der Waals surface area contributed by atoms with Gasteiger partial charge in [-0.3, -0.25) is 15.6 Å². The van der Waals surface area contributed by atoms with Crippen molar-refractivity contribution in [3.63, 3.8) is 0 Å². The fourth-order valence-electron chi connectivity index (χ4n) is 1.75. The van der Waals surface area contributed by atoms with Crippen molar-refractivity contribution < 1.29 is 9.59 Å². The fourth-order valence-corrected chi connectivity index (χ4v) is 2.04. The summed E-state index contributed by atoms with van der Waals surface area (Å²) in [4.78, 5) is 23.5. The Morgan fingerprint density at radius 3 is 2.08 bits per heavy atom. The summed E-state index contributed by atoms with van der Waals surface area (Å²) < 4.78 is 0. The van der Waals surface area contributed by atoms with E-state index in [0.717, 1.165) is 5.56 Å². The van der Waals surface area contributed by atoms with Gasteiger partial charge >= 0.3 is 6.03 Å². The van der Waals surface area contributed by atoms with Gasteiger partial charge in [0.05, 0.1) is 0 Å². The van der Waals surface area contributed by atoms with Gasteiger partial charge in [-0.2, -0.15) is 0 Å². The van der Waals surface area contributed by atoms with E-state index >= 15 is 0 Å². The highest BCUT2D eigenvalue weighted by Crippen LogP contribution is 2.04. The SMILES string of the molecule is CC(C)NC(=O)NCc1ccc(C(=O)NNC(=S)NC(C)C)cc1. The maximum absolute atomic E-state index is 12.0. The molecule has 0 unspecified atom stereocenters. The number of thiocarbonyl (C=S) groups is 1. The molecule has 0 aliphatic heterocycles. The fraction of sp³-hybridized carbons (Fsp3) is 0.438. The molecule has 1 aromatic carbocycles. The number of hydrazine groups is 1. The van der Waals surface area contributed by atoms with Crippen LogP contribution in [0, 0.1) is 0 Å². The molecule has 7 nitrogen and oxygen atoms in total. The third-order valence-electron chi connectivity index (χ3n) is 2.80. The normalized spacial score (nSPS) is 10.2. The predicted molar refractivity (Wildman–Crippen MR) is 98.4 cm³/mol. The van der Waals surface area contributed by atoms with Gasteiger partial charge in [0.2, 0.25) is 0 Å². The Labute approximate surface area is 147 Å². The summed E-state index contributed by atoms with van der Waals surface area (Å²) in [5.74, 6) is -0.292. The Balaban J connectivity index is 2.44. The first-order valence-corrected chi connectivity index (χ1v) is 8.19. The van der Waals surface area contributed by atoms with Crippen LogP contribution in [0.1, 0.15) is 43.6 Å². The molecule has 5 N–H and O–H groups in total. The zero-order valence-corrected chi connectivity index (χ0v) is 15.2. The summed E-state index contributed by atoms with van der Waals surface area (Å²) in [6.45, 7) is 8.07. The predicted octanol–water partition coefficient (Wildman–Crippen LogP) is 1.41. The summed E-state index contributed by atoms with van der Waals surface area (Å²) in [5.41, 5.74) is 6.55. The molecule has 0 heterocycles. The molecular formula is C16H25N5O2S. The molecule has 0 aliphatic carbocycles. The smallest absolute Gasteiger partial charge is 0.315 e. The van der Waals surface area contributed by atoms with Crippen molar-refractivity contribution in [2.45, 2.75) is 46.3 Å². The molecule has 0 aliphatic rings. The number of carbonyl (C=O) groups excluding carboxylic acids is 2. The molecule has 24 heavy (non-hydrogen) atoms. The molecule has 0 saturated carbocycles. The number of carbonyl (C=O) groups is 2. The Hall–Kier alpha value is -2.35. The van der Waals surface area contributed by atoms with Gasteiger partial charge in [-0.25, -0.2) is 4.79 Å². The molecule has 8 heteroatoms. The average Bonchev–Trinajstić information content (AvgIpc) is 2.50. The number of hydrogen-bond acceptors (Lipinski definition) is 3. The topological polar surface area (TPSA) is 94.3 Å². The van der Waals surface area contributed by atoms with Crippen molar-refractivity contribution in [3.05, 3.63) is 35.4 Å². The summed E-state index contributed by atoms with van der Waals surface area (Å²) in [6, 6.07) is 6.99. The van der Waals surface area contributed by atoms with Crippen LogP contribution in [0.2, 0.25) is 0 Å². The Kier molecular flexibility index (Phi) is 7.97. The van der Waals surface area contributed by atoms with Crippen molar-refractivity contribution in [3.8, 4) is 0 Å². The zero-order chi connectivity index (χ0) is 18.1.